The van der Waals surface area contributed by atoms with Gasteiger partial charge in [0.15, 0.2) is 0 Å². The first kappa shape index (κ1) is 59.7. The maximum Gasteiger partial charge on any atom is 3.00 e. The predicted octanol–water partition coefficient (Wildman–Crippen LogP) is -2.27. The van der Waals surface area contributed by atoms with Gasteiger partial charge in [-0.1, -0.05) is 72.8 Å². The molecule has 0 saturated carbocycles. The first-order valence-electron chi connectivity index (χ1n) is 14.5. The van der Waals surface area contributed by atoms with Gasteiger partial charge in [0.25, 0.3) is 0 Å². The summed E-state index contributed by atoms with van der Waals surface area (Å²) < 4.78 is 0. The van der Waals surface area contributed by atoms with Crippen LogP contribution in [-0.2, 0) is 37.8 Å². The predicted molar refractivity (Wildman–Crippen MR) is 183 cm³/mol. The Balaban J connectivity index is -0.000000264. The molecule has 51 heavy (non-hydrogen) atoms. The number of carboxylic acid groups (broad SMARTS) is 1. The Morgan fingerprint density at radius 1 is 0.647 bits per heavy atom. The maximum atomic E-state index is 12.6. The van der Waals surface area contributed by atoms with Gasteiger partial charge in [-0.15, -0.1) is 17.2 Å². The van der Waals surface area contributed by atoms with E-state index in [1.165, 1.54) is 12.1 Å². The van der Waals surface area contributed by atoms with E-state index in [9.17, 15) is 15.3 Å². The zero-order valence-corrected chi connectivity index (χ0v) is 31.6. The molecule has 1 aliphatic heterocycles. The van der Waals surface area contributed by atoms with E-state index in [2.05, 4.69) is 19.8 Å². The molecule has 1 saturated heterocycles. The summed E-state index contributed by atoms with van der Waals surface area (Å²) in [5.41, 5.74) is 1.89. The van der Waals surface area contributed by atoms with Crippen molar-refractivity contribution < 1.29 is 89.2 Å². The molecule has 7 N–H and O–H groups in total. The van der Waals surface area contributed by atoms with Crippen molar-refractivity contribution in [1.82, 2.24) is 9.80 Å². The number of hydrogen-bond acceptors (Lipinski definition) is 14. The SMILES string of the molecule is CC(=O)[O-].CO.CO.CO.CO.CO.O.[Ni+3].[Ni+3].[O-]c1ccccc1C=NCCN1CCN(CCN=Cc2ccccc2[O-])C1c1ccccc1[O-]. The van der Waals surface area contributed by atoms with E-state index in [1.54, 1.807) is 48.8 Å². The molecule has 0 aromatic heterocycles. The van der Waals surface area contributed by atoms with E-state index in [1.807, 2.05) is 24.3 Å². The number of aliphatic carboxylic acids is 1. The summed E-state index contributed by atoms with van der Waals surface area (Å²) in [5.74, 6) is -1.16. The Morgan fingerprint density at radius 3 is 1.25 bits per heavy atom. The first-order chi connectivity index (χ1) is 23.4. The molecule has 0 unspecified atom stereocenters. The van der Waals surface area contributed by atoms with E-state index in [0.717, 1.165) is 61.1 Å². The van der Waals surface area contributed by atoms with Gasteiger partial charge in [-0.05, 0) is 23.6 Å². The molecule has 1 heterocycles. The van der Waals surface area contributed by atoms with Crippen LogP contribution in [-0.4, -0.2) is 134 Å². The number of nitrogens with zero attached hydrogens (tertiary/aromatic N) is 4. The monoisotopic (exact) mass is 808 g/mol. The molecular weight excluding hydrogens is 758 g/mol. The molecule has 17 heteroatoms. The van der Waals surface area contributed by atoms with Gasteiger partial charge >= 0.3 is 33.0 Å². The molecule has 0 aliphatic carbocycles. The molecule has 292 valence electrons. The van der Waals surface area contributed by atoms with Gasteiger partial charge in [-0.3, -0.25) is 19.8 Å². The normalized spacial score (nSPS) is 12.6. The van der Waals surface area contributed by atoms with E-state index in [-0.39, 0.29) is 61.9 Å². The Labute approximate surface area is 321 Å². The molecule has 15 nitrogen and oxygen atoms in total. The van der Waals surface area contributed by atoms with Crippen LogP contribution in [0, 0.1) is 0 Å². The minimum atomic E-state index is -1.08. The van der Waals surface area contributed by atoms with Gasteiger partial charge in [-0.25, -0.2) is 0 Å². The second-order valence-corrected chi connectivity index (χ2v) is 8.62. The summed E-state index contributed by atoms with van der Waals surface area (Å²) in [6.45, 7) is 4.97. The summed E-state index contributed by atoms with van der Waals surface area (Å²) in [4.78, 5) is 22.3. The van der Waals surface area contributed by atoms with Crippen LogP contribution < -0.4 is 20.4 Å². The second kappa shape index (κ2) is 41.0. The van der Waals surface area contributed by atoms with Gasteiger partial charge < -0.3 is 56.2 Å². The zero-order chi connectivity index (χ0) is 37.3. The fraction of sp³-hybridized carbons (Fsp3) is 0.382. The first-order valence-corrected chi connectivity index (χ1v) is 14.5. The molecule has 2 radical (unpaired) electrons. The third-order valence-electron chi connectivity index (χ3n) is 5.89. The average molecular weight is 810 g/mol. The maximum absolute atomic E-state index is 12.6. The Kier molecular flexibility index (Phi) is 47.9. The smallest absolute Gasteiger partial charge is 0.872 e. The molecule has 3 aromatic rings. The third kappa shape index (κ3) is 25.2. The number of aliphatic hydroxyl groups excluding tert-OH is 5. The number of carbonyl (C=O) groups is 1. The van der Waals surface area contributed by atoms with Crippen molar-refractivity contribution in [1.29, 1.82) is 0 Å². The van der Waals surface area contributed by atoms with Crippen molar-refractivity contribution in [3.05, 3.63) is 89.5 Å². The Bertz CT molecular complexity index is 1200. The summed E-state index contributed by atoms with van der Waals surface area (Å²) in [6, 6.07) is 20.8. The van der Waals surface area contributed by atoms with Crippen LogP contribution in [0.1, 0.15) is 29.8 Å². The fourth-order valence-corrected chi connectivity index (χ4v) is 4.16. The molecule has 3 aromatic carbocycles. The number of carbonyl (C=O) groups excluding carboxylic acids is 1. The van der Waals surface area contributed by atoms with Crippen LogP contribution in [0.4, 0.5) is 0 Å². The molecule has 4 rings (SSSR count). The van der Waals surface area contributed by atoms with Crippen LogP contribution in [0.5, 0.6) is 17.2 Å². The van der Waals surface area contributed by atoms with Crippen molar-refractivity contribution in [2.24, 2.45) is 9.98 Å². The van der Waals surface area contributed by atoms with Crippen LogP contribution in [0.25, 0.3) is 0 Å². The van der Waals surface area contributed by atoms with Crippen molar-refractivity contribution in [2.75, 3.05) is 74.8 Å². The molecule has 0 amide bonds. The van der Waals surface area contributed by atoms with Crippen molar-refractivity contribution >= 4 is 18.4 Å². The number of hydrogen-bond donors (Lipinski definition) is 5. The topological polar surface area (TPSA) is 273 Å². The number of para-hydroxylation sites is 3. The summed E-state index contributed by atoms with van der Waals surface area (Å²) >= 11 is 0. The van der Waals surface area contributed by atoms with Crippen LogP contribution >= 0.6 is 0 Å². The molecule has 0 spiro atoms. The summed E-state index contributed by atoms with van der Waals surface area (Å²) in [5, 5.41) is 80.2. The molecule has 0 atom stereocenters. The number of aliphatic hydroxyl groups is 5. The molecular formula is C34H52N4Ni2O11+2. The second-order valence-electron chi connectivity index (χ2n) is 8.62. The third-order valence-corrected chi connectivity index (χ3v) is 5.89. The quantitative estimate of drug-likeness (QED) is 0.113. The average Bonchev–Trinajstić information content (AvgIpc) is 3.53. The van der Waals surface area contributed by atoms with E-state index < -0.39 is 5.97 Å². The van der Waals surface area contributed by atoms with E-state index in [4.69, 9.17) is 35.4 Å². The van der Waals surface area contributed by atoms with Gasteiger partial charge in [0.2, 0.25) is 0 Å². The Morgan fingerprint density at radius 2 is 0.941 bits per heavy atom. The van der Waals surface area contributed by atoms with Gasteiger partial charge in [0, 0.05) is 80.1 Å². The fourth-order valence-electron chi connectivity index (χ4n) is 4.16. The van der Waals surface area contributed by atoms with Gasteiger partial charge in [0.05, 0.1) is 19.3 Å². The van der Waals surface area contributed by atoms with Gasteiger partial charge in [0.1, 0.15) is 0 Å². The van der Waals surface area contributed by atoms with E-state index in [0.29, 0.717) is 37.3 Å². The van der Waals surface area contributed by atoms with Crippen molar-refractivity contribution in [2.45, 2.75) is 13.1 Å². The van der Waals surface area contributed by atoms with Crippen LogP contribution in [0.2, 0.25) is 0 Å². The zero-order valence-electron chi connectivity index (χ0n) is 29.6. The Hall–Kier alpha value is -3.46. The van der Waals surface area contributed by atoms with Crippen LogP contribution in [0.15, 0.2) is 82.8 Å². The number of rotatable bonds is 9. The molecule has 1 fully saturated rings. The van der Waals surface area contributed by atoms with Gasteiger partial charge in [-0.2, -0.15) is 0 Å². The standard InChI is InChI=1S/C27H30N4O3.C2H4O2.5CH4O.2Ni.H2O/c32-24-10-4-1-7-21(24)19-28-13-15-30-17-18-31(27(30)23-9-3-6-12-26(23)34)16-14-29-20-22-8-2-5-11-25(22)33;1-2(3)4;5*1-2;;;/h1-12,19-20,27,32-34H,13-18H2;1H3,(H,3,4);5*2H,1H3;;;1H2/q;;;;;;;2*+3;/p-4. The largest absolute Gasteiger partial charge is 3.00 e. The van der Waals surface area contributed by atoms with Crippen molar-refractivity contribution in [3.8, 4) is 17.2 Å². The minimum absolute atomic E-state index is 0. The summed E-state index contributed by atoms with van der Waals surface area (Å²) in [7, 11) is 5.00. The number of aliphatic imine (C=N–C) groups is 2. The molecule has 0 bridgehead atoms. The number of carboxylic acids is 1. The summed E-state index contributed by atoms with van der Waals surface area (Å²) in [6.07, 6.45) is 3.09. The number of benzene rings is 3. The van der Waals surface area contributed by atoms with Crippen LogP contribution in [0.3, 0.4) is 0 Å². The van der Waals surface area contributed by atoms with Crippen molar-refractivity contribution in [3.63, 3.8) is 0 Å². The molecule has 1 aliphatic rings. The van der Waals surface area contributed by atoms with E-state index >= 15 is 0 Å². The minimum Gasteiger partial charge on any atom is -0.872 e.